The molecule has 5 rings (SSSR count). The van der Waals surface area contributed by atoms with E-state index >= 15 is 0 Å². The number of hydrogen-bond donors (Lipinski definition) is 4. The zero-order valence-electron chi connectivity index (χ0n) is 16.4. The van der Waals surface area contributed by atoms with Crippen molar-refractivity contribution in [2.75, 3.05) is 17.2 Å². The van der Waals surface area contributed by atoms with Crippen molar-refractivity contribution in [3.63, 3.8) is 0 Å². The zero-order valence-corrected chi connectivity index (χ0v) is 16.4. The molecule has 5 unspecified atom stereocenters. The Hall–Kier alpha value is -3.32. The lowest BCUT2D eigenvalue weighted by atomic mass is 9.77. The van der Waals surface area contributed by atoms with E-state index in [1.807, 2.05) is 48.5 Å². The third-order valence-corrected chi connectivity index (χ3v) is 6.06. The van der Waals surface area contributed by atoms with Gasteiger partial charge >= 0.3 is 0 Å². The largest absolute Gasteiger partial charge is 0.497 e. The molecule has 154 valence electrons. The molecular formula is C23H24N4O3. The van der Waals surface area contributed by atoms with E-state index in [1.54, 1.807) is 18.4 Å². The Balaban J connectivity index is 1.26. The molecule has 3 heterocycles. The lowest BCUT2D eigenvalue weighted by Crippen LogP contribution is -2.68. The van der Waals surface area contributed by atoms with Crippen LogP contribution >= 0.6 is 0 Å². The second kappa shape index (κ2) is 7.84. The molecule has 0 aliphatic carbocycles. The van der Waals surface area contributed by atoms with Crippen LogP contribution in [0.25, 0.3) is 0 Å². The van der Waals surface area contributed by atoms with Crippen LogP contribution in [0.3, 0.4) is 0 Å². The average Bonchev–Trinajstić information content (AvgIpc) is 3.26. The maximum atomic E-state index is 12.3. The van der Waals surface area contributed by atoms with Crippen LogP contribution in [0, 0.1) is 11.8 Å². The number of ether oxygens (including phenoxy) is 1. The molecule has 0 saturated carbocycles. The van der Waals surface area contributed by atoms with Crippen LogP contribution in [0.15, 0.2) is 66.9 Å². The Morgan fingerprint density at radius 2 is 1.80 bits per heavy atom. The molecule has 2 amide bonds. The normalized spacial score (nSPS) is 29.2. The summed E-state index contributed by atoms with van der Waals surface area (Å²) in [6.07, 6.45) is 4.16. The fourth-order valence-corrected chi connectivity index (χ4v) is 4.58. The Bertz CT molecular complexity index is 960. The molecule has 5 atom stereocenters. The molecule has 2 aromatic rings. The van der Waals surface area contributed by atoms with Crippen LogP contribution in [0.2, 0.25) is 0 Å². The van der Waals surface area contributed by atoms with Crippen molar-refractivity contribution in [3.8, 4) is 0 Å². The third-order valence-electron chi connectivity index (χ3n) is 6.06. The van der Waals surface area contributed by atoms with E-state index in [2.05, 4.69) is 21.3 Å². The first-order valence-electron chi connectivity index (χ1n) is 10.3. The highest BCUT2D eigenvalue weighted by Crippen LogP contribution is 2.36. The highest BCUT2D eigenvalue weighted by atomic mass is 16.5. The minimum Gasteiger partial charge on any atom is -0.497 e. The van der Waals surface area contributed by atoms with Crippen LogP contribution < -0.4 is 21.3 Å². The second-order valence-electron chi connectivity index (χ2n) is 7.91. The summed E-state index contributed by atoms with van der Waals surface area (Å²) in [6, 6.07) is 17.0. The number of piperidine rings is 2. The van der Waals surface area contributed by atoms with Crippen LogP contribution in [-0.4, -0.2) is 36.7 Å². The zero-order chi connectivity index (χ0) is 20.5. The van der Waals surface area contributed by atoms with E-state index in [9.17, 15) is 9.59 Å². The van der Waals surface area contributed by atoms with Crippen molar-refractivity contribution < 1.29 is 14.3 Å². The van der Waals surface area contributed by atoms with Crippen molar-refractivity contribution in [1.82, 2.24) is 10.6 Å². The van der Waals surface area contributed by atoms with Gasteiger partial charge in [0.15, 0.2) is 0 Å². The van der Waals surface area contributed by atoms with Crippen LogP contribution in [0.5, 0.6) is 0 Å². The number of carbonyl (C=O) groups excluding carboxylic acids is 2. The summed E-state index contributed by atoms with van der Waals surface area (Å²) in [7, 11) is 0. The maximum Gasteiger partial charge on any atom is 0.255 e. The third kappa shape index (κ3) is 3.52. The highest BCUT2D eigenvalue weighted by molar-refractivity contribution is 6.04. The molecule has 3 aliphatic heterocycles. The van der Waals surface area contributed by atoms with Crippen molar-refractivity contribution in [2.45, 2.75) is 24.7 Å². The van der Waals surface area contributed by atoms with E-state index < -0.39 is 0 Å². The van der Waals surface area contributed by atoms with Gasteiger partial charge in [-0.15, -0.1) is 0 Å². The minimum atomic E-state index is -0.231. The Morgan fingerprint density at radius 1 is 1.03 bits per heavy atom. The van der Waals surface area contributed by atoms with Gasteiger partial charge in [0.1, 0.15) is 6.10 Å². The van der Waals surface area contributed by atoms with Crippen molar-refractivity contribution in [2.24, 2.45) is 11.8 Å². The number of amides is 2. The molecule has 30 heavy (non-hydrogen) atoms. The molecule has 2 fully saturated rings. The fraction of sp³-hybridized carbons (Fsp3) is 0.304. The predicted molar refractivity (Wildman–Crippen MR) is 114 cm³/mol. The van der Waals surface area contributed by atoms with Gasteiger partial charge in [-0.2, -0.15) is 0 Å². The van der Waals surface area contributed by atoms with Crippen molar-refractivity contribution >= 4 is 23.2 Å². The van der Waals surface area contributed by atoms with Crippen LogP contribution in [0.1, 0.15) is 16.8 Å². The standard InChI is InChI=1S/C23H24N4O3/c28-22(14-4-2-1-3-5-14)26-16-8-6-15(7-9-16)25-18-10-12-24-21-19(18)20-17(11-13-30-20)23(29)27-21/h1-9,11,13,17-21,24-25H,10,12H2,(H,26,28)(H,27,29). The molecule has 3 aliphatic rings. The van der Waals surface area contributed by atoms with Gasteiger partial charge in [-0.1, -0.05) is 18.2 Å². The maximum absolute atomic E-state index is 12.3. The van der Waals surface area contributed by atoms with Gasteiger partial charge in [0, 0.05) is 23.0 Å². The number of anilines is 2. The minimum absolute atomic E-state index is 0.0154. The number of hydrogen-bond acceptors (Lipinski definition) is 5. The second-order valence-corrected chi connectivity index (χ2v) is 7.91. The molecule has 0 aromatic heterocycles. The summed E-state index contributed by atoms with van der Waals surface area (Å²) in [5, 5.41) is 13.0. The number of carbonyl (C=O) groups is 2. The highest BCUT2D eigenvalue weighted by Gasteiger charge is 2.50. The quantitative estimate of drug-likeness (QED) is 0.628. The number of rotatable bonds is 4. The monoisotopic (exact) mass is 404 g/mol. The van der Waals surface area contributed by atoms with Crippen molar-refractivity contribution in [1.29, 1.82) is 0 Å². The summed E-state index contributed by atoms with van der Waals surface area (Å²) in [6.45, 7) is 0.815. The molecule has 7 nitrogen and oxygen atoms in total. The van der Waals surface area contributed by atoms with E-state index in [1.165, 1.54) is 0 Å². The molecule has 2 saturated heterocycles. The first-order valence-corrected chi connectivity index (χ1v) is 10.3. The molecule has 0 spiro atoms. The summed E-state index contributed by atoms with van der Waals surface area (Å²) >= 11 is 0. The van der Waals surface area contributed by atoms with Gasteiger partial charge in [-0.05, 0) is 55.4 Å². The van der Waals surface area contributed by atoms with E-state index in [0.717, 1.165) is 24.3 Å². The smallest absolute Gasteiger partial charge is 0.255 e. The van der Waals surface area contributed by atoms with Gasteiger partial charge in [-0.3, -0.25) is 14.9 Å². The van der Waals surface area contributed by atoms with Crippen LogP contribution in [0.4, 0.5) is 11.4 Å². The van der Waals surface area contributed by atoms with Gasteiger partial charge in [0.25, 0.3) is 5.91 Å². The van der Waals surface area contributed by atoms with Gasteiger partial charge in [0.05, 0.1) is 24.3 Å². The SMILES string of the molecule is O=C(Nc1ccc(NC2CCNC3NC(=O)C4C=COC4C23)cc1)c1ccccc1. The summed E-state index contributed by atoms with van der Waals surface area (Å²) < 4.78 is 5.80. The molecule has 0 bridgehead atoms. The summed E-state index contributed by atoms with van der Waals surface area (Å²) in [4.78, 5) is 24.6. The summed E-state index contributed by atoms with van der Waals surface area (Å²) in [5.74, 6) is -0.228. The van der Waals surface area contributed by atoms with Crippen LogP contribution in [-0.2, 0) is 9.53 Å². The predicted octanol–water partition coefficient (Wildman–Crippen LogP) is 2.31. The lowest BCUT2D eigenvalue weighted by molar-refractivity contribution is -0.134. The number of nitrogens with one attached hydrogen (secondary N) is 4. The first-order chi connectivity index (χ1) is 14.7. The Morgan fingerprint density at radius 3 is 2.60 bits per heavy atom. The number of benzene rings is 2. The summed E-state index contributed by atoms with van der Waals surface area (Å²) in [5.41, 5.74) is 2.34. The molecule has 4 N–H and O–H groups in total. The van der Waals surface area contributed by atoms with Gasteiger partial charge in [0.2, 0.25) is 5.91 Å². The first kappa shape index (κ1) is 18.7. The Kier molecular flexibility index (Phi) is 4.88. The van der Waals surface area contributed by atoms with Gasteiger partial charge in [-0.25, -0.2) is 0 Å². The number of fused-ring (bicyclic) bond motifs is 3. The van der Waals surface area contributed by atoms with E-state index in [0.29, 0.717) is 5.56 Å². The van der Waals surface area contributed by atoms with Gasteiger partial charge < -0.3 is 20.7 Å². The van der Waals surface area contributed by atoms with E-state index in [-0.39, 0.29) is 42.0 Å². The molecule has 2 aromatic carbocycles. The topological polar surface area (TPSA) is 91.5 Å². The van der Waals surface area contributed by atoms with Crippen molar-refractivity contribution in [3.05, 3.63) is 72.5 Å². The average molecular weight is 404 g/mol. The van der Waals surface area contributed by atoms with E-state index in [4.69, 9.17) is 4.74 Å². The molecule has 7 heteroatoms. The lowest BCUT2D eigenvalue weighted by Gasteiger charge is -2.46. The molecular weight excluding hydrogens is 380 g/mol. The molecule has 0 radical (unpaired) electrons. The Labute approximate surface area is 174 Å². The fourth-order valence-electron chi connectivity index (χ4n) is 4.58.